The number of nitrogens with one attached hydrogen (secondary N) is 2. The molecule has 0 heterocycles. The third kappa shape index (κ3) is 4.98. The molecule has 0 unspecified atom stereocenters. The zero-order valence-corrected chi connectivity index (χ0v) is 11.7. The summed E-state index contributed by atoms with van der Waals surface area (Å²) in [5.74, 6) is -1.91. The largest absolute Gasteiger partial charge is 0.480 e. The highest BCUT2D eigenvalue weighted by molar-refractivity contribution is 7.89. The summed E-state index contributed by atoms with van der Waals surface area (Å²) in [7, 11) is -3.78. The molecule has 0 aliphatic carbocycles. The second-order valence-corrected chi connectivity index (χ2v) is 5.76. The molecular weight excluding hydrogens is 284 g/mol. The number of sulfonamides is 1. The molecule has 0 aliphatic heterocycles. The van der Waals surface area contributed by atoms with Crippen LogP contribution in [0.15, 0.2) is 29.2 Å². The second kappa shape index (κ2) is 7.01. The number of benzene rings is 1. The third-order valence-electron chi connectivity index (χ3n) is 2.50. The standard InChI is InChI=1S/C12H16N2O5S/c1-2-9-3-5-10(6-4-9)20(18,19)14-7-11(15)13-8-12(16)17/h3-6,14H,2,7-8H2,1H3,(H,13,15)(H,16,17). The van der Waals surface area contributed by atoms with Crippen LogP contribution in [-0.4, -0.2) is 38.5 Å². The maximum Gasteiger partial charge on any atom is 0.322 e. The van der Waals surface area contributed by atoms with Crippen molar-refractivity contribution in [1.29, 1.82) is 0 Å². The highest BCUT2D eigenvalue weighted by Gasteiger charge is 2.15. The molecule has 110 valence electrons. The van der Waals surface area contributed by atoms with E-state index in [1.165, 1.54) is 12.1 Å². The van der Waals surface area contributed by atoms with Gasteiger partial charge in [0.05, 0.1) is 11.4 Å². The molecule has 0 saturated heterocycles. The predicted octanol–water partition coefficient (Wildman–Crippen LogP) is -0.272. The molecule has 3 N–H and O–H groups in total. The number of carboxylic acid groups (broad SMARTS) is 1. The topological polar surface area (TPSA) is 113 Å². The van der Waals surface area contributed by atoms with E-state index in [0.29, 0.717) is 0 Å². The number of aryl methyl sites for hydroxylation is 1. The van der Waals surface area contributed by atoms with Crippen molar-refractivity contribution in [2.75, 3.05) is 13.1 Å². The minimum absolute atomic E-state index is 0.0562. The lowest BCUT2D eigenvalue weighted by molar-refractivity contribution is -0.137. The lowest BCUT2D eigenvalue weighted by atomic mass is 10.2. The zero-order chi connectivity index (χ0) is 15.2. The number of hydrogen-bond acceptors (Lipinski definition) is 4. The van der Waals surface area contributed by atoms with Gasteiger partial charge in [0.25, 0.3) is 0 Å². The molecule has 0 aliphatic rings. The normalized spacial score (nSPS) is 11.1. The fourth-order valence-electron chi connectivity index (χ4n) is 1.38. The summed E-state index contributed by atoms with van der Waals surface area (Å²) in [6, 6.07) is 6.30. The number of carbonyl (C=O) groups excluding carboxylic acids is 1. The molecule has 0 aromatic heterocycles. The monoisotopic (exact) mass is 300 g/mol. The molecule has 1 amide bonds. The predicted molar refractivity (Wildman–Crippen MR) is 71.7 cm³/mol. The number of hydrogen-bond donors (Lipinski definition) is 3. The molecule has 0 spiro atoms. The quantitative estimate of drug-likeness (QED) is 0.641. The maximum atomic E-state index is 11.9. The molecule has 8 heteroatoms. The van der Waals surface area contributed by atoms with Gasteiger partial charge in [0, 0.05) is 0 Å². The van der Waals surface area contributed by atoms with Crippen molar-refractivity contribution >= 4 is 21.9 Å². The first kappa shape index (κ1) is 16.1. The molecule has 1 rings (SSSR count). The van der Waals surface area contributed by atoms with Crippen LogP contribution in [0.3, 0.4) is 0 Å². The van der Waals surface area contributed by atoms with Gasteiger partial charge in [0.2, 0.25) is 15.9 Å². The summed E-state index contributed by atoms with van der Waals surface area (Å²) in [5.41, 5.74) is 1.00. The van der Waals surface area contributed by atoms with Crippen LogP contribution >= 0.6 is 0 Å². The van der Waals surface area contributed by atoms with Crippen molar-refractivity contribution in [1.82, 2.24) is 10.0 Å². The molecule has 0 radical (unpaired) electrons. The van der Waals surface area contributed by atoms with E-state index in [0.717, 1.165) is 12.0 Å². The summed E-state index contributed by atoms with van der Waals surface area (Å²) in [4.78, 5) is 21.5. The van der Waals surface area contributed by atoms with Gasteiger partial charge in [0.1, 0.15) is 6.54 Å². The summed E-state index contributed by atoms with van der Waals surface area (Å²) in [6.45, 7) is 0.894. The van der Waals surface area contributed by atoms with E-state index in [1.807, 2.05) is 6.92 Å². The number of aliphatic carboxylic acids is 1. The van der Waals surface area contributed by atoms with E-state index in [2.05, 4.69) is 10.0 Å². The van der Waals surface area contributed by atoms with Crippen molar-refractivity contribution < 1.29 is 23.1 Å². The minimum Gasteiger partial charge on any atom is -0.480 e. The van der Waals surface area contributed by atoms with Crippen LogP contribution in [0.4, 0.5) is 0 Å². The van der Waals surface area contributed by atoms with Crippen molar-refractivity contribution in [3.63, 3.8) is 0 Å². The Morgan fingerprint density at radius 1 is 1.15 bits per heavy atom. The number of carboxylic acids is 1. The molecule has 1 aromatic rings. The molecule has 20 heavy (non-hydrogen) atoms. The molecule has 0 saturated carbocycles. The molecule has 1 aromatic carbocycles. The first-order valence-corrected chi connectivity index (χ1v) is 7.40. The van der Waals surface area contributed by atoms with E-state index < -0.39 is 35.0 Å². The Kier molecular flexibility index (Phi) is 5.66. The lowest BCUT2D eigenvalue weighted by Gasteiger charge is -2.07. The van der Waals surface area contributed by atoms with E-state index in [1.54, 1.807) is 12.1 Å². The van der Waals surface area contributed by atoms with Gasteiger partial charge >= 0.3 is 5.97 Å². The van der Waals surface area contributed by atoms with Crippen LogP contribution in [-0.2, 0) is 26.0 Å². The maximum absolute atomic E-state index is 11.9. The summed E-state index contributed by atoms with van der Waals surface area (Å²) in [5, 5.41) is 10.4. The van der Waals surface area contributed by atoms with Crippen LogP contribution in [0.1, 0.15) is 12.5 Å². The van der Waals surface area contributed by atoms with Gasteiger partial charge in [-0.1, -0.05) is 19.1 Å². The van der Waals surface area contributed by atoms with Crippen LogP contribution in [0.25, 0.3) is 0 Å². The summed E-state index contributed by atoms with van der Waals surface area (Å²) >= 11 is 0. The average Bonchev–Trinajstić information content (AvgIpc) is 2.43. The molecule has 0 bridgehead atoms. The van der Waals surface area contributed by atoms with Gasteiger partial charge in [-0.3, -0.25) is 9.59 Å². The minimum atomic E-state index is -3.78. The molecule has 0 fully saturated rings. The highest BCUT2D eigenvalue weighted by Crippen LogP contribution is 2.10. The van der Waals surface area contributed by atoms with Gasteiger partial charge in [-0.2, -0.15) is 0 Å². The molecule has 7 nitrogen and oxygen atoms in total. The van der Waals surface area contributed by atoms with Crippen molar-refractivity contribution in [2.24, 2.45) is 0 Å². The Bertz CT molecular complexity index is 580. The number of amides is 1. The second-order valence-electron chi connectivity index (χ2n) is 3.99. The van der Waals surface area contributed by atoms with Gasteiger partial charge in [-0.25, -0.2) is 13.1 Å². The van der Waals surface area contributed by atoms with Gasteiger partial charge < -0.3 is 10.4 Å². The first-order chi connectivity index (χ1) is 9.35. The SMILES string of the molecule is CCc1ccc(S(=O)(=O)NCC(=O)NCC(=O)O)cc1. The van der Waals surface area contributed by atoms with E-state index in [-0.39, 0.29) is 4.90 Å². The van der Waals surface area contributed by atoms with Crippen molar-refractivity contribution in [3.05, 3.63) is 29.8 Å². The van der Waals surface area contributed by atoms with Crippen molar-refractivity contribution in [3.8, 4) is 0 Å². The zero-order valence-electron chi connectivity index (χ0n) is 10.9. The van der Waals surface area contributed by atoms with Crippen LogP contribution in [0.2, 0.25) is 0 Å². The molecular formula is C12H16N2O5S. The van der Waals surface area contributed by atoms with E-state index in [4.69, 9.17) is 5.11 Å². The van der Waals surface area contributed by atoms with Crippen molar-refractivity contribution in [2.45, 2.75) is 18.2 Å². The Balaban J connectivity index is 2.60. The van der Waals surface area contributed by atoms with Crippen LogP contribution in [0.5, 0.6) is 0 Å². The Labute approximate surface area is 117 Å². The average molecular weight is 300 g/mol. The van der Waals surface area contributed by atoms with Crippen LogP contribution < -0.4 is 10.0 Å². The first-order valence-electron chi connectivity index (χ1n) is 5.92. The Morgan fingerprint density at radius 3 is 2.25 bits per heavy atom. The van der Waals surface area contributed by atoms with E-state index >= 15 is 0 Å². The van der Waals surface area contributed by atoms with Gasteiger partial charge in [-0.15, -0.1) is 0 Å². The fourth-order valence-corrected chi connectivity index (χ4v) is 2.37. The van der Waals surface area contributed by atoms with Gasteiger partial charge in [0.15, 0.2) is 0 Å². The fraction of sp³-hybridized carbons (Fsp3) is 0.333. The third-order valence-corrected chi connectivity index (χ3v) is 3.92. The smallest absolute Gasteiger partial charge is 0.322 e. The number of carbonyl (C=O) groups is 2. The summed E-state index contributed by atoms with van der Waals surface area (Å²) in [6.07, 6.45) is 0.797. The Hall–Kier alpha value is -1.93. The lowest BCUT2D eigenvalue weighted by Crippen LogP contribution is -2.38. The van der Waals surface area contributed by atoms with Gasteiger partial charge in [-0.05, 0) is 24.1 Å². The summed E-state index contributed by atoms with van der Waals surface area (Å²) < 4.78 is 25.8. The molecule has 0 atom stereocenters. The number of rotatable bonds is 7. The highest BCUT2D eigenvalue weighted by atomic mass is 32.2. The van der Waals surface area contributed by atoms with E-state index in [9.17, 15) is 18.0 Å². The van der Waals surface area contributed by atoms with Crippen LogP contribution in [0, 0.1) is 0 Å². The Morgan fingerprint density at radius 2 is 1.75 bits per heavy atom.